The number of benzene rings is 1. The zero-order valence-electron chi connectivity index (χ0n) is 16.2. The lowest BCUT2D eigenvalue weighted by molar-refractivity contribution is 0.0942. The smallest absolute Gasteiger partial charge is 0.294 e. The van der Waals surface area contributed by atoms with Crippen molar-refractivity contribution in [3.63, 3.8) is 0 Å². The molecule has 0 aliphatic carbocycles. The molecule has 1 N–H and O–H groups in total. The minimum atomic E-state index is -0.206. The number of aromatic nitrogens is 2. The summed E-state index contributed by atoms with van der Waals surface area (Å²) in [6, 6.07) is 7.98. The summed E-state index contributed by atoms with van der Waals surface area (Å²) in [5.41, 5.74) is 3.41. The Balaban J connectivity index is 1.60. The van der Waals surface area contributed by atoms with Crippen molar-refractivity contribution in [2.75, 3.05) is 31.7 Å². The van der Waals surface area contributed by atoms with Crippen LogP contribution >= 0.6 is 0 Å². The monoisotopic (exact) mass is 382 g/mol. The van der Waals surface area contributed by atoms with Gasteiger partial charge < -0.3 is 19.5 Å². The number of ether oxygens (including phenoxy) is 1. The molecule has 0 fully saturated rings. The Morgan fingerprint density at radius 3 is 2.89 bits per heavy atom. The van der Waals surface area contributed by atoms with Gasteiger partial charge in [-0.1, -0.05) is 18.2 Å². The number of nitrogens with one attached hydrogen (secondary N) is 1. The van der Waals surface area contributed by atoms with Crippen LogP contribution < -0.4 is 10.2 Å². The first-order valence-corrected chi connectivity index (χ1v) is 9.97. The van der Waals surface area contributed by atoms with E-state index in [1.165, 1.54) is 5.56 Å². The number of carbonyl (C=O) groups excluding carboxylic acids is 2. The number of methoxy groups -OCH3 is 1. The van der Waals surface area contributed by atoms with E-state index in [2.05, 4.69) is 16.4 Å². The number of fused-ring (bicyclic) bond motifs is 2. The van der Waals surface area contributed by atoms with E-state index in [4.69, 9.17) is 4.74 Å². The fourth-order valence-corrected chi connectivity index (χ4v) is 4.06. The van der Waals surface area contributed by atoms with E-state index in [9.17, 15) is 9.59 Å². The van der Waals surface area contributed by atoms with Gasteiger partial charge in [0.2, 0.25) is 5.82 Å². The molecule has 4 rings (SSSR count). The molecule has 0 radical (unpaired) electrons. The molecule has 2 amide bonds. The van der Waals surface area contributed by atoms with Crippen LogP contribution in [0.15, 0.2) is 24.3 Å². The van der Waals surface area contributed by atoms with Crippen molar-refractivity contribution in [3.8, 4) is 0 Å². The molecule has 148 valence electrons. The number of anilines is 1. The molecule has 7 nitrogen and oxygen atoms in total. The van der Waals surface area contributed by atoms with Crippen LogP contribution in [0.1, 0.15) is 51.6 Å². The lowest BCUT2D eigenvalue weighted by atomic mass is 10.1. The van der Waals surface area contributed by atoms with Gasteiger partial charge in [0.1, 0.15) is 5.69 Å². The number of hydrogen-bond acceptors (Lipinski definition) is 4. The largest absolute Gasteiger partial charge is 0.385 e. The molecule has 0 atom stereocenters. The van der Waals surface area contributed by atoms with Gasteiger partial charge in [-0.2, -0.15) is 0 Å². The van der Waals surface area contributed by atoms with Crippen LogP contribution in [0.4, 0.5) is 5.69 Å². The maximum absolute atomic E-state index is 13.3. The van der Waals surface area contributed by atoms with Crippen molar-refractivity contribution in [1.29, 1.82) is 0 Å². The van der Waals surface area contributed by atoms with Crippen molar-refractivity contribution < 1.29 is 14.3 Å². The van der Waals surface area contributed by atoms with Gasteiger partial charge in [-0.25, -0.2) is 4.98 Å². The van der Waals surface area contributed by atoms with E-state index in [1.807, 2.05) is 22.8 Å². The highest BCUT2D eigenvalue weighted by Gasteiger charge is 2.32. The molecule has 0 unspecified atom stereocenters. The third kappa shape index (κ3) is 3.42. The summed E-state index contributed by atoms with van der Waals surface area (Å²) in [4.78, 5) is 32.3. The number of imidazole rings is 1. The Hall–Kier alpha value is -2.67. The zero-order valence-corrected chi connectivity index (χ0v) is 16.2. The topological polar surface area (TPSA) is 76.5 Å². The molecule has 3 heterocycles. The average molecular weight is 382 g/mol. The molecule has 1 aromatic carbocycles. The predicted octanol–water partition coefficient (Wildman–Crippen LogP) is 2.19. The molecular formula is C21H26N4O3. The quantitative estimate of drug-likeness (QED) is 0.777. The number of carbonyl (C=O) groups is 2. The Morgan fingerprint density at radius 1 is 1.18 bits per heavy atom. The Bertz CT molecular complexity index is 890. The number of hydrogen-bond donors (Lipinski definition) is 1. The van der Waals surface area contributed by atoms with Gasteiger partial charge in [-0.15, -0.1) is 0 Å². The lowest BCUT2D eigenvalue weighted by Gasteiger charge is -2.20. The molecule has 0 bridgehead atoms. The van der Waals surface area contributed by atoms with Crippen LogP contribution in [0, 0.1) is 0 Å². The van der Waals surface area contributed by atoms with Crippen LogP contribution in [-0.4, -0.2) is 48.2 Å². The number of para-hydroxylation sites is 1. The maximum Gasteiger partial charge on any atom is 0.294 e. The number of amides is 2. The van der Waals surface area contributed by atoms with E-state index >= 15 is 0 Å². The van der Waals surface area contributed by atoms with Crippen LogP contribution in [0.2, 0.25) is 0 Å². The standard InChI is InChI=1S/C21H26N4O3/c1-28-14-6-11-22-20(26)18-17-9-4-5-12-24(17)19(23-18)21(27)25-13-10-15-7-2-3-8-16(15)25/h2-3,7-8H,4-6,9-14H2,1H3,(H,22,26). The molecule has 0 saturated heterocycles. The van der Waals surface area contributed by atoms with Gasteiger partial charge in [0.05, 0.1) is 5.69 Å². The van der Waals surface area contributed by atoms with Gasteiger partial charge in [0, 0.05) is 39.0 Å². The predicted molar refractivity (Wildman–Crippen MR) is 106 cm³/mol. The molecule has 28 heavy (non-hydrogen) atoms. The highest BCUT2D eigenvalue weighted by molar-refractivity contribution is 6.06. The van der Waals surface area contributed by atoms with Crippen molar-refractivity contribution in [3.05, 3.63) is 47.0 Å². The van der Waals surface area contributed by atoms with Crippen molar-refractivity contribution >= 4 is 17.5 Å². The second-order valence-corrected chi connectivity index (χ2v) is 7.28. The van der Waals surface area contributed by atoms with Crippen molar-refractivity contribution in [2.45, 2.75) is 38.6 Å². The third-order valence-corrected chi connectivity index (χ3v) is 5.47. The third-order valence-electron chi connectivity index (χ3n) is 5.47. The molecule has 1 aromatic heterocycles. The number of nitrogens with zero attached hydrogens (tertiary/aromatic N) is 3. The van der Waals surface area contributed by atoms with E-state index in [0.717, 1.165) is 50.0 Å². The molecule has 2 aliphatic rings. The minimum absolute atomic E-state index is 0.119. The summed E-state index contributed by atoms with van der Waals surface area (Å²) < 4.78 is 6.98. The van der Waals surface area contributed by atoms with Crippen molar-refractivity contribution in [1.82, 2.24) is 14.9 Å². The van der Waals surface area contributed by atoms with Crippen LogP contribution in [0.25, 0.3) is 0 Å². The molecule has 0 saturated carbocycles. The SMILES string of the molecule is COCCCNC(=O)c1nc(C(=O)N2CCc3ccccc32)n2c1CCCC2. The van der Waals surface area contributed by atoms with E-state index < -0.39 is 0 Å². The van der Waals surface area contributed by atoms with Gasteiger partial charge in [-0.05, 0) is 43.7 Å². The van der Waals surface area contributed by atoms with Gasteiger partial charge >= 0.3 is 0 Å². The maximum atomic E-state index is 13.3. The van der Waals surface area contributed by atoms with E-state index in [1.54, 1.807) is 12.0 Å². The first-order chi connectivity index (χ1) is 13.7. The second kappa shape index (κ2) is 8.14. The zero-order chi connectivity index (χ0) is 19.5. The van der Waals surface area contributed by atoms with Gasteiger partial charge in [0.25, 0.3) is 11.8 Å². The van der Waals surface area contributed by atoms with Crippen LogP contribution in [0.5, 0.6) is 0 Å². The summed E-state index contributed by atoms with van der Waals surface area (Å²) in [7, 11) is 1.64. The van der Waals surface area contributed by atoms with Crippen LogP contribution in [0.3, 0.4) is 0 Å². The van der Waals surface area contributed by atoms with Crippen LogP contribution in [-0.2, 0) is 24.1 Å². The highest BCUT2D eigenvalue weighted by Crippen LogP contribution is 2.30. The summed E-state index contributed by atoms with van der Waals surface area (Å²) in [6.07, 6.45) is 4.37. The first-order valence-electron chi connectivity index (χ1n) is 9.97. The summed E-state index contributed by atoms with van der Waals surface area (Å²) >= 11 is 0. The summed E-state index contributed by atoms with van der Waals surface area (Å²) in [5.74, 6) is 0.0580. The average Bonchev–Trinajstić information content (AvgIpc) is 3.33. The van der Waals surface area contributed by atoms with Gasteiger partial charge in [-0.3, -0.25) is 9.59 Å². The fraction of sp³-hybridized carbons (Fsp3) is 0.476. The first kappa shape index (κ1) is 18.7. The lowest BCUT2D eigenvalue weighted by Crippen LogP contribution is -2.32. The minimum Gasteiger partial charge on any atom is -0.385 e. The Kier molecular flexibility index (Phi) is 5.43. The Labute approximate surface area is 164 Å². The molecule has 0 spiro atoms. The second-order valence-electron chi connectivity index (χ2n) is 7.28. The molecule has 2 aromatic rings. The van der Waals surface area contributed by atoms with E-state index in [-0.39, 0.29) is 11.8 Å². The fourth-order valence-electron chi connectivity index (χ4n) is 4.06. The highest BCUT2D eigenvalue weighted by atomic mass is 16.5. The number of rotatable bonds is 6. The normalized spacial score (nSPS) is 15.2. The molecular weight excluding hydrogens is 356 g/mol. The molecule has 2 aliphatic heterocycles. The Morgan fingerprint density at radius 2 is 2.04 bits per heavy atom. The van der Waals surface area contributed by atoms with Crippen molar-refractivity contribution in [2.24, 2.45) is 0 Å². The molecule has 7 heteroatoms. The summed E-state index contributed by atoms with van der Waals surface area (Å²) in [6.45, 7) is 2.51. The van der Waals surface area contributed by atoms with Gasteiger partial charge in [0.15, 0.2) is 0 Å². The van der Waals surface area contributed by atoms with E-state index in [0.29, 0.717) is 31.2 Å². The summed E-state index contributed by atoms with van der Waals surface area (Å²) in [5, 5.41) is 2.90.